The van der Waals surface area contributed by atoms with Crippen molar-refractivity contribution in [3.05, 3.63) is 89.9 Å². The molecule has 840 valence electrons. The predicted molar refractivity (Wildman–Crippen MR) is 659 cm³/mol. The van der Waals surface area contributed by atoms with Gasteiger partial charge in [0.1, 0.15) is 0 Å². The van der Waals surface area contributed by atoms with Crippen LogP contribution in [0.25, 0.3) is 108 Å². The Bertz CT molecular complexity index is 4990. The quantitative estimate of drug-likeness (QED) is 0.0210. The summed E-state index contributed by atoms with van der Waals surface area (Å²) in [6.45, 7) is 21.4. The number of hydrogen-bond donors (Lipinski definition) is 0. The topological polar surface area (TPSA) is 115 Å². The van der Waals surface area contributed by atoms with Crippen LogP contribution in [0.1, 0.15) is 620 Å². The maximum Gasteiger partial charge on any atom is 0.261 e. The van der Waals surface area contributed by atoms with Gasteiger partial charge in [-0.05, 0) is 176 Å². The van der Waals surface area contributed by atoms with Gasteiger partial charge in [0, 0.05) is 56.2 Å². The summed E-state index contributed by atoms with van der Waals surface area (Å²) >= 11 is 0. The molecule has 2 heterocycles. The largest absolute Gasteiger partial charge is 0.490 e. The van der Waals surface area contributed by atoms with Crippen LogP contribution in [-0.4, -0.2) is 35.6 Å². The molecule has 0 fully saturated rings. The average Bonchev–Trinajstić information content (AvgIpc) is 0.651. The molecule has 2 unspecified atom stereocenters. The normalized spacial score (nSPS) is 12.7. The molecule has 11 rings (SSSR count). The highest BCUT2D eigenvalue weighted by Gasteiger charge is 2.34. The van der Waals surface area contributed by atoms with Crippen LogP contribution in [0.3, 0.4) is 0 Å². The number of ether oxygens (including phenoxy) is 4. The average molecular weight is 2060 g/mol. The SMILES string of the molecule is CCCCCCCCCCCCCCCCOc1cc2c(cc1OCCCCCCCCCCCCCCCC)c1cc3c(=O)n(CC(CCCCCCCC)CCCCCCCCCC)c(=O)c4cc5c6cc(OCCCCCCCCCCCCCCCC)c(OCCCCCCCCCCCCCCCC)cc6c6cc7c(=O)n(CC(CCCCCCCC)CCCCCCCCCC)c(=O)c8cc2c2c1c(c34)c5c6c2c87. The van der Waals surface area contributed by atoms with Crippen molar-refractivity contribution in [1.29, 1.82) is 0 Å². The molecule has 0 amide bonds. The molecule has 0 spiro atoms. The fraction of sp³-hybridized carbons (Fsp3) is 0.743. The van der Waals surface area contributed by atoms with Gasteiger partial charge >= 0.3 is 0 Å². The third-order valence-corrected chi connectivity index (χ3v) is 35.3. The van der Waals surface area contributed by atoms with E-state index in [0.29, 0.717) is 94.8 Å². The van der Waals surface area contributed by atoms with E-state index in [1.54, 1.807) is 9.13 Å². The first kappa shape index (κ1) is 123. The van der Waals surface area contributed by atoms with E-state index in [9.17, 15) is 0 Å². The third kappa shape index (κ3) is 39.5. The van der Waals surface area contributed by atoms with E-state index in [1.165, 1.54) is 437 Å². The van der Waals surface area contributed by atoms with Crippen LogP contribution in [0.4, 0.5) is 0 Å². The second-order valence-corrected chi connectivity index (χ2v) is 48.2. The van der Waals surface area contributed by atoms with E-state index in [-0.39, 0.29) is 34.1 Å². The summed E-state index contributed by atoms with van der Waals surface area (Å²) in [7, 11) is 0. The Kier molecular flexibility index (Phi) is 61.3. The number of fused-ring (bicyclic) bond motifs is 6. The zero-order chi connectivity index (χ0) is 105. The van der Waals surface area contributed by atoms with Crippen molar-refractivity contribution in [1.82, 2.24) is 9.13 Å². The lowest BCUT2D eigenvalue weighted by molar-refractivity contribution is 0.259. The molecule has 0 saturated heterocycles. The van der Waals surface area contributed by atoms with Crippen molar-refractivity contribution in [3.8, 4) is 23.0 Å². The Morgan fingerprint density at radius 1 is 0.153 bits per heavy atom. The molecule has 0 aliphatic rings. The van der Waals surface area contributed by atoms with Crippen LogP contribution in [0, 0.1) is 11.8 Å². The molecule has 10 heteroatoms. The number of benzene rings is 9. The smallest absolute Gasteiger partial charge is 0.261 e. The fourth-order valence-corrected chi connectivity index (χ4v) is 26.0. The molecule has 0 radical (unpaired) electrons. The Labute approximate surface area is 914 Å². The number of aromatic nitrogens is 2. The van der Waals surface area contributed by atoms with Gasteiger partial charge in [-0.25, -0.2) is 0 Å². The minimum Gasteiger partial charge on any atom is -0.490 e. The number of rotatable bonds is 100. The second kappa shape index (κ2) is 74.5. The van der Waals surface area contributed by atoms with Crippen molar-refractivity contribution in [2.75, 3.05) is 26.4 Å². The molecular weight excluding hydrogens is 1840 g/mol. The van der Waals surface area contributed by atoms with E-state index < -0.39 is 0 Å². The molecular formula is C140H222N2O8. The first-order valence-electron chi connectivity index (χ1n) is 66.0. The Morgan fingerprint density at radius 3 is 0.447 bits per heavy atom. The van der Waals surface area contributed by atoms with E-state index >= 15 is 19.2 Å². The molecule has 0 aliphatic carbocycles. The molecule has 2 aromatic heterocycles. The molecule has 9 aromatic carbocycles. The zero-order valence-corrected chi connectivity index (χ0v) is 98.4. The molecule has 10 nitrogen and oxygen atoms in total. The van der Waals surface area contributed by atoms with E-state index in [0.717, 1.165) is 204 Å². The molecule has 0 bridgehead atoms. The van der Waals surface area contributed by atoms with Crippen molar-refractivity contribution >= 4 is 108 Å². The molecule has 0 saturated carbocycles. The molecule has 150 heavy (non-hydrogen) atoms. The number of pyridine rings is 2. The summed E-state index contributed by atoms with van der Waals surface area (Å²) in [5.74, 6) is 3.13. The number of unbranched alkanes of at least 4 members (excludes halogenated alkanes) is 76. The third-order valence-electron chi connectivity index (χ3n) is 35.3. The van der Waals surface area contributed by atoms with Gasteiger partial charge in [-0.15, -0.1) is 0 Å². The summed E-state index contributed by atoms with van der Waals surface area (Å²) < 4.78 is 32.7. The Balaban J connectivity index is 1.10. The Hall–Kier alpha value is -6.68. The second-order valence-electron chi connectivity index (χ2n) is 48.2. The molecule has 0 N–H and O–H groups in total. The lowest BCUT2D eigenvalue weighted by atomic mass is 9.77. The number of nitrogens with zero attached hydrogens (tertiary/aromatic N) is 2. The summed E-state index contributed by atoms with van der Waals surface area (Å²) in [4.78, 5) is 67.8. The van der Waals surface area contributed by atoms with Crippen molar-refractivity contribution in [2.45, 2.75) is 634 Å². The van der Waals surface area contributed by atoms with Crippen molar-refractivity contribution in [2.24, 2.45) is 11.8 Å². The lowest BCUT2D eigenvalue weighted by Crippen LogP contribution is -2.36. The van der Waals surface area contributed by atoms with Crippen LogP contribution < -0.4 is 41.2 Å². The van der Waals surface area contributed by atoms with E-state index in [1.807, 2.05) is 0 Å². The van der Waals surface area contributed by atoms with Crippen LogP contribution in [0.5, 0.6) is 23.0 Å². The highest BCUT2D eigenvalue weighted by Crippen LogP contribution is 2.57. The summed E-state index contributed by atoms with van der Waals surface area (Å²) in [6.07, 6.45) is 110. The molecule has 0 aliphatic heterocycles. The maximum atomic E-state index is 17.0. The highest BCUT2D eigenvalue weighted by atomic mass is 16.5. The van der Waals surface area contributed by atoms with Crippen molar-refractivity contribution < 1.29 is 18.9 Å². The van der Waals surface area contributed by atoms with Gasteiger partial charge in [0.2, 0.25) is 0 Å². The van der Waals surface area contributed by atoms with Gasteiger partial charge < -0.3 is 18.9 Å². The van der Waals surface area contributed by atoms with Gasteiger partial charge in [-0.2, -0.15) is 0 Å². The molecule has 2 atom stereocenters. The predicted octanol–water partition coefficient (Wildman–Crippen LogP) is 44.7. The van der Waals surface area contributed by atoms with Crippen LogP contribution in [0.2, 0.25) is 0 Å². The summed E-state index contributed by atoms with van der Waals surface area (Å²) in [5, 5.41) is 16.8. The minimum atomic E-state index is -0.213. The Morgan fingerprint density at radius 2 is 0.293 bits per heavy atom. The summed E-state index contributed by atoms with van der Waals surface area (Å²) in [5.41, 5.74) is -0.853. The van der Waals surface area contributed by atoms with Gasteiger partial charge in [0.15, 0.2) is 23.0 Å². The first-order chi connectivity index (χ1) is 74.1. The van der Waals surface area contributed by atoms with Gasteiger partial charge in [-0.3, -0.25) is 28.3 Å². The van der Waals surface area contributed by atoms with Gasteiger partial charge in [-0.1, -0.05) is 569 Å². The van der Waals surface area contributed by atoms with Crippen LogP contribution in [0.15, 0.2) is 67.7 Å². The lowest BCUT2D eigenvalue weighted by Gasteiger charge is -2.27. The monoisotopic (exact) mass is 2060 g/mol. The first-order valence-corrected chi connectivity index (χ1v) is 66.0. The standard InChI is InChI=1S/C140H222N2O8/c1-9-17-25-33-41-47-51-55-59-63-67-73-81-89-97-147-125-105-113-114(106-126(125)148-98-90-82-74-68-64-60-56-52-48-42-34-26-18-10-2)118-102-122-130-124(140(146)142(138(122)144)110-112(94-86-78-40-32-24-16-8)96-88-80-72-46-38-30-22-14-6)104-120-116-108-128(150-100-92-84-76-70-66-62-58-54-50-44-36-28-20-12-4)127(149-99-91-83-75-69-65-61-57-53-49-43-35-27-19-11-3)107-115(116)119-103-123-129-121(101-117(113)131-132(118)136(130)134(120)133(119)135(129)131)137(143)141(139(123)145)109-111(93-85-77-39-31-23-15-7)95-87-79-71-45-37-29-21-13-5/h101-108,111-112H,9-100,109-110H2,1-8H3. The molecule has 11 aromatic rings. The highest BCUT2D eigenvalue weighted by molar-refractivity contribution is 6.54. The number of hydrogen-bond acceptors (Lipinski definition) is 8. The minimum absolute atomic E-state index is 0.153. The van der Waals surface area contributed by atoms with E-state index in [4.69, 9.17) is 18.9 Å². The zero-order valence-electron chi connectivity index (χ0n) is 98.4. The van der Waals surface area contributed by atoms with E-state index in [2.05, 4.69) is 104 Å². The summed E-state index contributed by atoms with van der Waals surface area (Å²) in [6, 6.07) is 17.8. The van der Waals surface area contributed by atoms with Gasteiger partial charge in [0.05, 0.1) is 26.4 Å². The van der Waals surface area contributed by atoms with Crippen LogP contribution >= 0.6 is 0 Å². The fourth-order valence-electron chi connectivity index (χ4n) is 26.0. The van der Waals surface area contributed by atoms with Crippen LogP contribution in [-0.2, 0) is 13.1 Å². The maximum absolute atomic E-state index is 17.0. The van der Waals surface area contributed by atoms with Gasteiger partial charge in [0.25, 0.3) is 22.2 Å². The van der Waals surface area contributed by atoms with Crippen molar-refractivity contribution in [3.63, 3.8) is 0 Å².